The van der Waals surface area contributed by atoms with Crippen LogP contribution >= 0.6 is 0 Å². The minimum Gasteiger partial charge on any atom is -0.494 e. The molecule has 35 heavy (non-hydrogen) atoms. The Morgan fingerprint density at radius 1 is 1.06 bits per heavy atom. The lowest BCUT2D eigenvalue weighted by Crippen LogP contribution is -2.35. The van der Waals surface area contributed by atoms with Crippen LogP contribution in [-0.4, -0.2) is 35.1 Å². The molecule has 3 aromatic rings. The highest BCUT2D eigenvalue weighted by Gasteiger charge is 2.31. The fourth-order valence-electron chi connectivity index (χ4n) is 4.16. The van der Waals surface area contributed by atoms with Gasteiger partial charge < -0.3 is 19.6 Å². The van der Waals surface area contributed by atoms with Crippen molar-refractivity contribution in [2.45, 2.75) is 39.5 Å². The summed E-state index contributed by atoms with van der Waals surface area (Å²) in [6, 6.07) is 13.8. The number of aliphatic hydroxyl groups excluding tert-OH is 1. The van der Waals surface area contributed by atoms with Crippen molar-refractivity contribution in [2.24, 2.45) is 4.99 Å². The van der Waals surface area contributed by atoms with Gasteiger partial charge in [0.05, 0.1) is 14.2 Å². The van der Waals surface area contributed by atoms with E-state index >= 15 is 0 Å². The van der Waals surface area contributed by atoms with Crippen LogP contribution in [0.15, 0.2) is 77.4 Å². The van der Waals surface area contributed by atoms with Crippen LogP contribution in [0.1, 0.15) is 37.4 Å². The molecule has 7 nitrogen and oxygen atoms in total. The third kappa shape index (κ3) is 4.94. The Hall–Kier alpha value is -4.00. The van der Waals surface area contributed by atoms with Crippen molar-refractivity contribution in [3.05, 3.63) is 83.7 Å². The topological polar surface area (TPSA) is 83.0 Å². The first kappa shape index (κ1) is 24.1. The van der Waals surface area contributed by atoms with Gasteiger partial charge in [-0.2, -0.15) is 4.99 Å². The Balaban J connectivity index is 1.72. The van der Waals surface area contributed by atoms with Crippen molar-refractivity contribution in [1.29, 1.82) is 0 Å². The first-order valence-corrected chi connectivity index (χ1v) is 11.8. The number of rotatable bonds is 9. The number of anilines is 1. The predicted molar refractivity (Wildman–Crippen MR) is 140 cm³/mol. The number of aliphatic hydroxyl groups is 1. The lowest BCUT2D eigenvalue weighted by molar-refractivity contribution is 0.391. The van der Waals surface area contributed by atoms with Gasteiger partial charge in [0.1, 0.15) is 28.8 Å². The number of aromatic nitrogens is 2. The molecule has 1 aliphatic rings. The van der Waals surface area contributed by atoms with Gasteiger partial charge in [0.25, 0.3) is 0 Å². The normalized spacial score (nSPS) is 13.8. The van der Waals surface area contributed by atoms with Crippen molar-refractivity contribution in [3.8, 4) is 22.9 Å². The Bertz CT molecular complexity index is 1250. The summed E-state index contributed by atoms with van der Waals surface area (Å²) >= 11 is 0. The lowest BCUT2D eigenvalue weighted by atomic mass is 10.0. The Morgan fingerprint density at radius 3 is 2.37 bits per heavy atom. The number of amidine groups is 1. The summed E-state index contributed by atoms with van der Waals surface area (Å²) < 4.78 is 11.3. The van der Waals surface area contributed by atoms with Crippen LogP contribution in [0.25, 0.3) is 11.4 Å². The van der Waals surface area contributed by atoms with Crippen LogP contribution in [0.2, 0.25) is 0 Å². The zero-order chi connectivity index (χ0) is 24.9. The van der Waals surface area contributed by atoms with Crippen molar-refractivity contribution in [2.75, 3.05) is 19.1 Å². The summed E-state index contributed by atoms with van der Waals surface area (Å²) in [6.07, 6.45) is 4.77. The number of unbranched alkanes of at least 4 members (excludes halogenated alkanes) is 1. The SMILES string of the molecule is C=C1C(Cc2cnc(-c3ccc(C)cc3)[nH]2)=C(O)N=C(CCCC)N1c1c(OC)cccc1OC. The number of H-pyrrole nitrogens is 1. The summed E-state index contributed by atoms with van der Waals surface area (Å²) in [5.41, 5.74) is 4.99. The van der Waals surface area contributed by atoms with E-state index in [-0.39, 0.29) is 5.88 Å². The number of hydrogen-bond donors (Lipinski definition) is 2. The average molecular weight is 473 g/mol. The van der Waals surface area contributed by atoms with Crippen LogP contribution in [0, 0.1) is 6.92 Å². The highest BCUT2D eigenvalue weighted by atomic mass is 16.5. The van der Waals surface area contributed by atoms with Gasteiger partial charge in [0.2, 0.25) is 5.88 Å². The van der Waals surface area contributed by atoms with Gasteiger partial charge in [0.15, 0.2) is 0 Å². The molecule has 0 amide bonds. The number of benzene rings is 2. The van der Waals surface area contributed by atoms with Gasteiger partial charge in [-0.1, -0.05) is 55.8 Å². The summed E-state index contributed by atoms with van der Waals surface area (Å²) in [5.74, 6) is 2.72. The second-order valence-corrected chi connectivity index (χ2v) is 8.53. The number of nitrogens with one attached hydrogen (secondary N) is 1. The maximum Gasteiger partial charge on any atom is 0.218 e. The molecule has 0 bridgehead atoms. The Kier molecular flexibility index (Phi) is 7.25. The number of ether oxygens (including phenoxy) is 2. The smallest absolute Gasteiger partial charge is 0.218 e. The molecule has 0 radical (unpaired) electrons. The number of nitrogens with zero attached hydrogens (tertiary/aromatic N) is 3. The minimum atomic E-state index is -0.0299. The molecule has 4 rings (SSSR count). The Morgan fingerprint density at radius 2 is 1.74 bits per heavy atom. The number of imidazole rings is 1. The van der Waals surface area contributed by atoms with Crippen LogP contribution in [-0.2, 0) is 6.42 Å². The standard InChI is InChI=1S/C28H32N4O3/c1-6-7-11-25-31-28(33)22(16-21-17-29-27(30-21)20-14-12-18(2)13-15-20)19(3)32(25)26-23(34-4)9-8-10-24(26)35-5/h8-10,12-15,17,33H,3,6-7,11,16H2,1-2,4-5H3,(H,29,30). The third-order valence-electron chi connectivity index (χ3n) is 6.08. The van der Waals surface area contributed by atoms with E-state index in [9.17, 15) is 5.11 Å². The lowest BCUT2D eigenvalue weighted by Gasteiger charge is -2.34. The monoisotopic (exact) mass is 472 g/mol. The van der Waals surface area contributed by atoms with E-state index in [4.69, 9.17) is 9.47 Å². The van der Waals surface area contributed by atoms with E-state index in [1.807, 2.05) is 35.2 Å². The summed E-state index contributed by atoms with van der Waals surface area (Å²) in [4.78, 5) is 14.5. The molecule has 182 valence electrons. The maximum atomic E-state index is 11.0. The molecule has 2 aromatic carbocycles. The van der Waals surface area contributed by atoms with Gasteiger partial charge in [-0.05, 0) is 25.5 Å². The average Bonchev–Trinajstić information content (AvgIpc) is 3.34. The molecule has 0 unspecified atom stereocenters. The van der Waals surface area contributed by atoms with E-state index in [0.717, 1.165) is 29.9 Å². The van der Waals surface area contributed by atoms with Crippen molar-refractivity contribution in [1.82, 2.24) is 9.97 Å². The van der Waals surface area contributed by atoms with Crippen LogP contribution in [0.3, 0.4) is 0 Å². The number of aliphatic imine (C=N–C) groups is 1. The van der Waals surface area contributed by atoms with E-state index in [2.05, 4.69) is 47.5 Å². The van der Waals surface area contributed by atoms with Crippen molar-refractivity contribution in [3.63, 3.8) is 0 Å². The molecular weight excluding hydrogens is 440 g/mol. The molecule has 0 saturated heterocycles. The molecule has 0 fully saturated rings. The molecule has 1 aliphatic heterocycles. The number of aromatic amines is 1. The quantitative estimate of drug-likeness (QED) is 0.380. The number of para-hydroxylation sites is 1. The van der Waals surface area contributed by atoms with Gasteiger partial charge in [-0.3, -0.25) is 4.90 Å². The predicted octanol–water partition coefficient (Wildman–Crippen LogP) is 6.34. The van der Waals surface area contributed by atoms with Crippen molar-refractivity contribution >= 4 is 11.5 Å². The third-order valence-corrected chi connectivity index (χ3v) is 6.08. The van der Waals surface area contributed by atoms with Crippen molar-refractivity contribution < 1.29 is 14.6 Å². The van der Waals surface area contributed by atoms with Gasteiger partial charge >= 0.3 is 0 Å². The second kappa shape index (κ2) is 10.5. The minimum absolute atomic E-state index is 0.0299. The van der Waals surface area contributed by atoms with Gasteiger partial charge in [0, 0.05) is 41.6 Å². The first-order chi connectivity index (χ1) is 17.0. The van der Waals surface area contributed by atoms with E-state index < -0.39 is 0 Å². The zero-order valence-electron chi connectivity index (χ0n) is 20.8. The largest absolute Gasteiger partial charge is 0.494 e. The van der Waals surface area contributed by atoms with E-state index in [1.54, 1.807) is 20.4 Å². The first-order valence-electron chi connectivity index (χ1n) is 11.8. The molecular formula is C28H32N4O3. The highest BCUT2D eigenvalue weighted by Crippen LogP contribution is 2.43. The molecule has 0 spiro atoms. The molecule has 0 aliphatic carbocycles. The molecule has 2 N–H and O–H groups in total. The van der Waals surface area contributed by atoms with E-state index in [0.29, 0.717) is 47.1 Å². The van der Waals surface area contributed by atoms with Gasteiger partial charge in [-0.25, -0.2) is 4.98 Å². The number of hydrogen-bond acceptors (Lipinski definition) is 6. The zero-order valence-corrected chi connectivity index (χ0v) is 20.8. The summed E-state index contributed by atoms with van der Waals surface area (Å²) in [5, 5.41) is 11.0. The molecule has 0 atom stereocenters. The second-order valence-electron chi connectivity index (χ2n) is 8.53. The molecule has 1 aromatic heterocycles. The maximum absolute atomic E-state index is 11.0. The summed E-state index contributed by atoms with van der Waals surface area (Å²) in [6.45, 7) is 8.54. The molecule has 2 heterocycles. The van der Waals surface area contributed by atoms with Crippen LogP contribution < -0.4 is 14.4 Å². The summed E-state index contributed by atoms with van der Waals surface area (Å²) in [7, 11) is 3.25. The molecule has 7 heteroatoms. The fraction of sp³-hybridized carbons (Fsp3) is 0.286. The number of aryl methyl sites for hydroxylation is 1. The number of allylic oxidation sites excluding steroid dienone is 1. The van der Waals surface area contributed by atoms with Gasteiger partial charge in [-0.15, -0.1) is 0 Å². The van der Waals surface area contributed by atoms with Crippen LogP contribution in [0.4, 0.5) is 5.69 Å². The number of methoxy groups -OCH3 is 2. The van der Waals surface area contributed by atoms with Crippen LogP contribution in [0.5, 0.6) is 11.5 Å². The fourth-order valence-corrected chi connectivity index (χ4v) is 4.16. The molecule has 0 saturated carbocycles. The van der Waals surface area contributed by atoms with E-state index in [1.165, 1.54) is 5.56 Å². The Labute approximate surface area is 206 Å². The highest BCUT2D eigenvalue weighted by molar-refractivity contribution is 6.05.